The normalized spacial score (nSPS) is 23.6. The van der Waals surface area contributed by atoms with E-state index in [4.69, 9.17) is 4.98 Å². The van der Waals surface area contributed by atoms with Crippen molar-refractivity contribution < 1.29 is 19.0 Å². The molecule has 4 N–H and O–H groups in total. The molecular weight excluding hydrogens is 508 g/mol. The summed E-state index contributed by atoms with van der Waals surface area (Å²) < 4.78 is 19.9. The average Bonchev–Trinajstić information content (AvgIpc) is 3.35. The highest BCUT2D eigenvalue weighted by atomic mass is 32.3. The van der Waals surface area contributed by atoms with Crippen molar-refractivity contribution in [3.8, 4) is 16.5 Å². The fraction of sp³-hybridized carbons (Fsp3) is 0.593. The maximum Gasteiger partial charge on any atom is 0.224 e. The molecule has 2 aliphatic rings. The van der Waals surface area contributed by atoms with Gasteiger partial charge in [-0.25, -0.2) is 4.98 Å². The predicted molar refractivity (Wildman–Crippen MR) is 150 cm³/mol. The van der Waals surface area contributed by atoms with E-state index >= 15 is 0 Å². The van der Waals surface area contributed by atoms with Gasteiger partial charge in [0.25, 0.3) is 0 Å². The average molecular weight is 547 g/mol. The van der Waals surface area contributed by atoms with Crippen LogP contribution in [0.4, 0.5) is 5.69 Å². The monoisotopic (exact) mass is 546 g/mol. The molecule has 0 bridgehead atoms. The van der Waals surface area contributed by atoms with Crippen LogP contribution in [0.15, 0.2) is 24.3 Å². The number of nitrogens with zero attached hydrogens (tertiary/aromatic N) is 3. The molecule has 10 heteroatoms. The van der Waals surface area contributed by atoms with Crippen molar-refractivity contribution in [2.24, 2.45) is 5.92 Å². The van der Waals surface area contributed by atoms with E-state index in [1.165, 1.54) is 0 Å². The van der Waals surface area contributed by atoms with Crippen LogP contribution in [0.5, 0.6) is 0 Å². The van der Waals surface area contributed by atoms with Crippen LogP contribution in [0.2, 0.25) is 0 Å². The van der Waals surface area contributed by atoms with E-state index in [-0.39, 0.29) is 24.3 Å². The van der Waals surface area contributed by atoms with Gasteiger partial charge in [-0.15, -0.1) is 11.3 Å². The number of benzene rings is 1. The minimum atomic E-state index is -2.45. The van der Waals surface area contributed by atoms with Gasteiger partial charge in [0, 0.05) is 36.0 Å². The number of aromatic nitrogens is 1. The standard InChI is InChI=1S/C27H38N4O4S2/c1-18(16-28)29-25(33)22-7-5-4-6-21(22)23-24(36-26(30-23)27(2,3)17-32)19-8-10-20(11-9-19)31-12-14-37(34,35)15-13-31/h8-11,18,21-22,32,34-35H,4-7,12-15,17H2,1-3H3,(H,29,33)/t18-,21+,22+/m0/s1. The molecule has 2 fully saturated rings. The first-order valence-corrected chi connectivity index (χ1v) is 15.7. The Balaban J connectivity index is 1.68. The van der Waals surface area contributed by atoms with Crippen LogP contribution >= 0.6 is 21.9 Å². The molecule has 4 rings (SSSR count). The molecule has 0 spiro atoms. The molecule has 37 heavy (non-hydrogen) atoms. The number of carbonyl (C=O) groups excluding carboxylic acids is 1. The second-order valence-electron chi connectivity index (χ2n) is 10.9. The minimum Gasteiger partial charge on any atom is -0.395 e. The van der Waals surface area contributed by atoms with Gasteiger partial charge in [-0.2, -0.15) is 15.9 Å². The first-order chi connectivity index (χ1) is 17.5. The Bertz CT molecular complexity index is 1130. The number of anilines is 1. The van der Waals surface area contributed by atoms with Crippen LogP contribution < -0.4 is 10.2 Å². The molecule has 1 saturated heterocycles. The third kappa shape index (κ3) is 6.29. The van der Waals surface area contributed by atoms with E-state index in [0.717, 1.165) is 52.5 Å². The van der Waals surface area contributed by atoms with Crippen molar-refractivity contribution in [3.05, 3.63) is 35.0 Å². The van der Waals surface area contributed by atoms with E-state index in [0.29, 0.717) is 24.6 Å². The zero-order chi connectivity index (χ0) is 26.8. The lowest BCUT2D eigenvalue weighted by molar-refractivity contribution is -0.126. The van der Waals surface area contributed by atoms with Gasteiger partial charge in [-0.1, -0.05) is 38.8 Å². The molecule has 1 aliphatic heterocycles. The predicted octanol–water partition coefficient (Wildman–Crippen LogP) is 4.95. The summed E-state index contributed by atoms with van der Waals surface area (Å²) >= 11 is 1.58. The molecule has 1 saturated carbocycles. The third-order valence-corrected chi connectivity index (χ3v) is 10.7. The van der Waals surface area contributed by atoms with E-state index in [1.54, 1.807) is 18.3 Å². The molecule has 2 heterocycles. The van der Waals surface area contributed by atoms with Crippen molar-refractivity contribution in [2.45, 2.75) is 63.8 Å². The smallest absolute Gasteiger partial charge is 0.224 e. The molecule has 0 unspecified atom stereocenters. The van der Waals surface area contributed by atoms with Crippen LogP contribution in [0.1, 0.15) is 63.1 Å². The van der Waals surface area contributed by atoms with Crippen molar-refractivity contribution in [2.75, 3.05) is 36.1 Å². The topological polar surface area (TPSA) is 130 Å². The number of hydrogen-bond acceptors (Lipinski definition) is 8. The van der Waals surface area contributed by atoms with Gasteiger partial charge in [0.15, 0.2) is 0 Å². The maximum atomic E-state index is 13.2. The van der Waals surface area contributed by atoms with Crippen LogP contribution in [0, 0.1) is 17.2 Å². The summed E-state index contributed by atoms with van der Waals surface area (Å²) in [5.74, 6) is 0.391. The van der Waals surface area contributed by atoms with Gasteiger partial charge in [-0.3, -0.25) is 13.9 Å². The van der Waals surface area contributed by atoms with E-state index in [2.05, 4.69) is 40.6 Å². The highest BCUT2D eigenvalue weighted by molar-refractivity contribution is 8.24. The molecule has 0 radical (unpaired) electrons. The molecule has 1 amide bonds. The van der Waals surface area contributed by atoms with Gasteiger partial charge in [0.2, 0.25) is 5.91 Å². The van der Waals surface area contributed by atoms with Crippen LogP contribution in [0.25, 0.3) is 10.4 Å². The number of hydrogen-bond donors (Lipinski definition) is 4. The number of rotatable bonds is 7. The molecule has 1 aromatic carbocycles. The van der Waals surface area contributed by atoms with Crippen molar-refractivity contribution in [1.82, 2.24) is 10.3 Å². The van der Waals surface area contributed by atoms with Crippen molar-refractivity contribution in [3.63, 3.8) is 0 Å². The summed E-state index contributed by atoms with van der Waals surface area (Å²) in [5, 5.41) is 22.9. The van der Waals surface area contributed by atoms with E-state index in [1.807, 2.05) is 13.8 Å². The Morgan fingerprint density at radius 2 is 1.89 bits per heavy atom. The first-order valence-electron chi connectivity index (χ1n) is 13.0. The maximum absolute atomic E-state index is 13.2. The summed E-state index contributed by atoms with van der Waals surface area (Å²) in [5.41, 5.74) is 2.47. The van der Waals surface area contributed by atoms with Gasteiger partial charge in [0.1, 0.15) is 11.0 Å². The fourth-order valence-electron chi connectivity index (χ4n) is 5.08. The first kappa shape index (κ1) is 27.9. The summed E-state index contributed by atoms with van der Waals surface area (Å²) in [4.78, 5) is 21.4. The Hall–Kier alpha value is -2.16. The number of amides is 1. The lowest BCUT2D eigenvalue weighted by atomic mass is 9.76. The number of carbonyl (C=O) groups is 1. The second kappa shape index (κ2) is 11.3. The minimum absolute atomic E-state index is 0.0270. The van der Waals surface area contributed by atoms with Crippen molar-refractivity contribution >= 4 is 33.5 Å². The number of nitrogens with one attached hydrogen (secondary N) is 1. The highest BCUT2D eigenvalue weighted by Crippen LogP contribution is 2.46. The molecule has 3 atom stereocenters. The second-order valence-corrected chi connectivity index (χ2v) is 14.3. The Morgan fingerprint density at radius 3 is 2.51 bits per heavy atom. The van der Waals surface area contributed by atoms with Gasteiger partial charge in [0.05, 0.1) is 34.8 Å². The van der Waals surface area contributed by atoms with Gasteiger partial charge < -0.3 is 15.3 Å². The number of aliphatic hydroxyl groups excluding tert-OH is 1. The quantitative estimate of drug-likeness (QED) is 0.386. The number of nitriles is 1. The van der Waals surface area contributed by atoms with Gasteiger partial charge >= 0.3 is 0 Å². The van der Waals surface area contributed by atoms with Crippen LogP contribution in [-0.2, 0) is 10.2 Å². The molecule has 1 aliphatic carbocycles. The lowest BCUT2D eigenvalue weighted by Gasteiger charge is -2.41. The Kier molecular flexibility index (Phi) is 8.51. The zero-order valence-electron chi connectivity index (χ0n) is 21.8. The van der Waals surface area contributed by atoms with E-state index in [9.17, 15) is 24.3 Å². The Morgan fingerprint density at radius 1 is 1.24 bits per heavy atom. The summed E-state index contributed by atoms with van der Waals surface area (Å²) in [6.07, 6.45) is 3.61. The van der Waals surface area contributed by atoms with E-state index < -0.39 is 22.0 Å². The summed E-state index contributed by atoms with van der Waals surface area (Å²) in [6.45, 7) is 6.84. The molecular formula is C27H38N4O4S2. The Labute approximate surface area is 225 Å². The lowest BCUT2D eigenvalue weighted by Crippen LogP contribution is -2.40. The third-order valence-electron chi connectivity index (χ3n) is 7.50. The van der Waals surface area contributed by atoms with Gasteiger partial charge in [-0.05, 0) is 37.5 Å². The zero-order valence-corrected chi connectivity index (χ0v) is 23.4. The number of aliphatic hydroxyl groups is 1. The van der Waals surface area contributed by atoms with Crippen LogP contribution in [0.3, 0.4) is 0 Å². The number of thiazole rings is 1. The molecule has 8 nitrogen and oxygen atoms in total. The summed E-state index contributed by atoms with van der Waals surface area (Å²) in [6, 6.07) is 9.82. The fourth-order valence-corrected chi connectivity index (χ4v) is 7.54. The SMILES string of the molecule is C[C@@H](C#N)NC(=O)[C@@H]1CCCC[C@H]1c1nc(C(C)(C)CO)sc1-c1ccc(N2CCS(O)(O)CC2)cc1. The molecule has 2 aromatic rings. The molecule has 1 aromatic heterocycles. The van der Waals surface area contributed by atoms with Crippen LogP contribution in [-0.4, -0.2) is 62.3 Å². The highest BCUT2D eigenvalue weighted by Gasteiger charge is 2.37. The largest absolute Gasteiger partial charge is 0.395 e. The van der Waals surface area contributed by atoms with Crippen molar-refractivity contribution in [1.29, 1.82) is 5.26 Å². The summed E-state index contributed by atoms with van der Waals surface area (Å²) in [7, 11) is -2.45. The molecule has 202 valence electrons.